The molecule has 0 unspecified atom stereocenters. The topological polar surface area (TPSA) is 154 Å². The van der Waals surface area contributed by atoms with E-state index in [-0.39, 0.29) is 24.0 Å². The lowest BCUT2D eigenvalue weighted by molar-refractivity contribution is 0.0941. The van der Waals surface area contributed by atoms with Crippen LogP contribution in [0.25, 0.3) is 0 Å². The lowest BCUT2D eigenvalue weighted by Crippen LogP contribution is -2.37. The van der Waals surface area contributed by atoms with Gasteiger partial charge in [-0.15, -0.1) is 0 Å². The van der Waals surface area contributed by atoms with E-state index in [2.05, 4.69) is 15.3 Å². The molecule has 166 valence electrons. The van der Waals surface area contributed by atoms with Crippen molar-refractivity contribution in [2.75, 3.05) is 27.3 Å². The third kappa shape index (κ3) is 4.71. The molecule has 2 aromatic rings. The van der Waals surface area contributed by atoms with Crippen molar-refractivity contribution in [3.05, 3.63) is 45.6 Å². The van der Waals surface area contributed by atoms with Crippen molar-refractivity contribution in [2.45, 2.75) is 25.3 Å². The monoisotopic (exact) mass is 432 g/mol. The van der Waals surface area contributed by atoms with E-state index in [4.69, 9.17) is 14.6 Å². The number of hydrogen-bond acceptors (Lipinski definition) is 7. The minimum Gasteiger partial charge on any atom is -0.501 e. The highest BCUT2D eigenvalue weighted by molar-refractivity contribution is 5.94. The number of H-pyrrole nitrogens is 1. The fraction of sp³-hybridized carbons (Fsp3) is 0.400. The molecule has 31 heavy (non-hydrogen) atoms. The number of para-hydroxylation sites is 1. The Labute approximate surface area is 177 Å². The Balaban J connectivity index is 1.78. The van der Waals surface area contributed by atoms with Crippen LogP contribution >= 0.6 is 0 Å². The zero-order valence-corrected chi connectivity index (χ0v) is 17.2. The summed E-state index contributed by atoms with van der Waals surface area (Å²) < 4.78 is 10.6. The van der Waals surface area contributed by atoms with Gasteiger partial charge in [0.1, 0.15) is 5.82 Å². The highest BCUT2D eigenvalue weighted by Gasteiger charge is 2.27. The fourth-order valence-corrected chi connectivity index (χ4v) is 3.53. The number of benzene rings is 1. The number of carboxylic acid groups (broad SMARTS) is 1. The normalized spacial score (nSPS) is 14.2. The predicted octanol–water partition coefficient (Wildman–Crippen LogP) is 1.28. The number of carbonyl (C=O) groups is 2. The largest absolute Gasteiger partial charge is 0.501 e. The number of piperidine rings is 1. The van der Waals surface area contributed by atoms with Gasteiger partial charge in [-0.1, -0.05) is 12.1 Å². The Hall–Kier alpha value is -3.76. The van der Waals surface area contributed by atoms with Gasteiger partial charge in [0.15, 0.2) is 17.2 Å². The van der Waals surface area contributed by atoms with Crippen molar-refractivity contribution in [1.29, 1.82) is 0 Å². The number of aromatic nitrogens is 2. The first-order chi connectivity index (χ1) is 14.8. The first-order valence-corrected chi connectivity index (χ1v) is 9.64. The summed E-state index contributed by atoms with van der Waals surface area (Å²) in [5.41, 5.74) is -0.572. The second kappa shape index (κ2) is 9.37. The van der Waals surface area contributed by atoms with Crippen molar-refractivity contribution in [2.24, 2.45) is 0 Å². The van der Waals surface area contributed by atoms with Gasteiger partial charge in [0.05, 0.1) is 14.2 Å². The van der Waals surface area contributed by atoms with Crippen LogP contribution in [-0.4, -0.2) is 64.4 Å². The van der Waals surface area contributed by atoms with E-state index < -0.39 is 23.3 Å². The molecular weight excluding hydrogens is 408 g/mol. The van der Waals surface area contributed by atoms with E-state index in [1.165, 1.54) is 19.1 Å². The molecule has 2 amide bonds. The maximum absolute atomic E-state index is 12.7. The highest BCUT2D eigenvalue weighted by atomic mass is 16.5. The molecule has 0 aliphatic carbocycles. The molecule has 0 radical (unpaired) electrons. The second-order valence-electron chi connectivity index (χ2n) is 7.03. The smallest absolute Gasteiger partial charge is 0.407 e. The fourth-order valence-electron chi connectivity index (χ4n) is 3.53. The lowest BCUT2D eigenvalue weighted by Gasteiger charge is -2.29. The van der Waals surface area contributed by atoms with Crippen molar-refractivity contribution in [3.63, 3.8) is 0 Å². The van der Waals surface area contributed by atoms with E-state index in [0.717, 1.165) is 0 Å². The van der Waals surface area contributed by atoms with Gasteiger partial charge in [-0.25, -0.2) is 9.78 Å². The number of nitrogens with zero attached hydrogens (tertiary/aromatic N) is 2. The van der Waals surface area contributed by atoms with Crippen molar-refractivity contribution < 1.29 is 29.3 Å². The van der Waals surface area contributed by atoms with E-state index >= 15 is 0 Å². The van der Waals surface area contributed by atoms with E-state index in [1.807, 2.05) is 0 Å². The number of nitrogens with one attached hydrogen (secondary N) is 2. The summed E-state index contributed by atoms with van der Waals surface area (Å²) in [6.45, 7) is 0.642. The third-order valence-corrected chi connectivity index (χ3v) is 5.20. The number of methoxy groups -OCH3 is 2. The SMILES string of the molecule is COc1cccc(CNC(=O)c2nc(C3CCN(C(=O)O)CC3)[nH]c(=O)c2O)c1OC. The molecule has 0 saturated carbocycles. The number of ether oxygens (including phenoxy) is 2. The number of aromatic amines is 1. The van der Waals surface area contributed by atoms with Crippen LogP contribution in [0.4, 0.5) is 4.79 Å². The molecule has 0 bridgehead atoms. The zero-order valence-electron chi connectivity index (χ0n) is 17.2. The number of rotatable bonds is 6. The van der Waals surface area contributed by atoms with E-state index in [0.29, 0.717) is 43.0 Å². The molecule has 1 aromatic carbocycles. The highest BCUT2D eigenvalue weighted by Crippen LogP contribution is 2.30. The van der Waals surface area contributed by atoms with Crippen LogP contribution in [0.3, 0.4) is 0 Å². The van der Waals surface area contributed by atoms with Crippen molar-refractivity contribution in [1.82, 2.24) is 20.2 Å². The minimum absolute atomic E-state index is 0.0550. The molecule has 4 N–H and O–H groups in total. The van der Waals surface area contributed by atoms with E-state index in [1.54, 1.807) is 18.2 Å². The number of likely N-dealkylation sites (tertiary alicyclic amines) is 1. The first-order valence-electron chi connectivity index (χ1n) is 9.64. The molecule has 0 atom stereocenters. The van der Waals surface area contributed by atoms with Gasteiger partial charge in [0.2, 0.25) is 5.75 Å². The Morgan fingerprint density at radius 3 is 2.58 bits per heavy atom. The van der Waals surface area contributed by atoms with Gasteiger partial charge >= 0.3 is 6.09 Å². The Morgan fingerprint density at radius 1 is 1.26 bits per heavy atom. The molecule has 1 fully saturated rings. The average Bonchev–Trinajstić information content (AvgIpc) is 2.78. The predicted molar refractivity (Wildman–Crippen MR) is 109 cm³/mol. The Bertz CT molecular complexity index is 1030. The molecule has 11 nitrogen and oxygen atoms in total. The van der Waals surface area contributed by atoms with Crippen LogP contribution < -0.4 is 20.3 Å². The van der Waals surface area contributed by atoms with Gasteiger partial charge < -0.3 is 34.9 Å². The molecule has 2 heterocycles. The molecule has 3 rings (SSSR count). The van der Waals surface area contributed by atoms with E-state index in [9.17, 15) is 19.5 Å². The van der Waals surface area contributed by atoms with Crippen LogP contribution in [0.2, 0.25) is 0 Å². The standard InChI is InChI=1S/C20H24N4O7/c1-30-13-5-3-4-12(16(13)31-2)10-21-18(26)14-15(25)19(27)23-17(22-14)11-6-8-24(9-7-11)20(28)29/h3-5,11,25H,6-10H2,1-2H3,(H,21,26)(H,28,29)(H,22,23,27). The van der Waals surface area contributed by atoms with Crippen molar-refractivity contribution >= 4 is 12.0 Å². The van der Waals surface area contributed by atoms with Gasteiger partial charge in [0.25, 0.3) is 11.5 Å². The quantitative estimate of drug-likeness (QED) is 0.532. The van der Waals surface area contributed by atoms with Crippen molar-refractivity contribution in [3.8, 4) is 17.2 Å². The third-order valence-electron chi connectivity index (χ3n) is 5.20. The average molecular weight is 432 g/mol. The van der Waals surface area contributed by atoms with Crippen LogP contribution in [0, 0.1) is 0 Å². The maximum atomic E-state index is 12.7. The lowest BCUT2D eigenvalue weighted by atomic mass is 9.96. The number of hydrogen-bond donors (Lipinski definition) is 4. The van der Waals surface area contributed by atoms with Crippen LogP contribution in [0.1, 0.15) is 40.6 Å². The molecule has 1 saturated heterocycles. The van der Waals surface area contributed by atoms with Gasteiger partial charge in [-0.05, 0) is 18.9 Å². The van der Waals surface area contributed by atoms with Gasteiger partial charge in [-0.2, -0.15) is 0 Å². The Kier molecular flexibility index (Phi) is 6.63. The molecule has 1 aliphatic heterocycles. The molecule has 11 heteroatoms. The molecule has 1 aliphatic rings. The number of carbonyl (C=O) groups excluding carboxylic acids is 1. The summed E-state index contributed by atoms with van der Waals surface area (Å²) in [6.07, 6.45) is -0.108. The van der Waals surface area contributed by atoms with Gasteiger partial charge in [-0.3, -0.25) is 9.59 Å². The maximum Gasteiger partial charge on any atom is 0.407 e. The first kappa shape index (κ1) is 21.9. The molecule has 1 aromatic heterocycles. The summed E-state index contributed by atoms with van der Waals surface area (Å²) >= 11 is 0. The summed E-state index contributed by atoms with van der Waals surface area (Å²) in [6, 6.07) is 5.21. The molecular formula is C20H24N4O7. The van der Waals surface area contributed by atoms with Crippen LogP contribution in [0.15, 0.2) is 23.0 Å². The minimum atomic E-state index is -1.00. The van der Waals surface area contributed by atoms with Gasteiger partial charge in [0, 0.05) is 31.1 Å². The number of amides is 2. The Morgan fingerprint density at radius 2 is 1.97 bits per heavy atom. The second-order valence-corrected chi connectivity index (χ2v) is 7.03. The summed E-state index contributed by atoms with van der Waals surface area (Å²) in [5.74, 6) is -0.522. The summed E-state index contributed by atoms with van der Waals surface area (Å²) in [4.78, 5) is 43.9. The summed E-state index contributed by atoms with van der Waals surface area (Å²) in [7, 11) is 2.98. The molecule has 0 spiro atoms. The van der Waals surface area contributed by atoms with Crippen LogP contribution in [0.5, 0.6) is 17.2 Å². The summed E-state index contributed by atoms with van der Waals surface area (Å²) in [5, 5.41) is 21.8. The number of aromatic hydroxyl groups is 1. The van der Waals surface area contributed by atoms with Crippen LogP contribution in [-0.2, 0) is 6.54 Å². The zero-order chi connectivity index (χ0) is 22.5.